The maximum absolute atomic E-state index is 12.1. The van der Waals surface area contributed by atoms with Gasteiger partial charge in [0.15, 0.2) is 0 Å². The topological polar surface area (TPSA) is 26.3 Å². The monoisotopic (exact) mass is 859 g/mol. The molecule has 0 saturated carbocycles. The average Bonchev–Trinajstić information content (AvgIpc) is 3.27. The van der Waals surface area contributed by atoms with E-state index >= 15 is 0 Å². The Hall–Kier alpha value is -0.530. The summed E-state index contributed by atoms with van der Waals surface area (Å²) in [6, 6.07) is 0. The van der Waals surface area contributed by atoms with E-state index in [2.05, 4.69) is 13.8 Å². The highest BCUT2D eigenvalue weighted by atomic mass is 16.5. The second-order valence-electron chi connectivity index (χ2n) is 20.4. The van der Waals surface area contributed by atoms with Crippen molar-refractivity contribution in [1.82, 2.24) is 0 Å². The molecule has 0 saturated heterocycles. The number of hydrogen-bond acceptors (Lipinski definition) is 2. The number of unbranched alkanes of at least 4 members (excludes halogenated alkanes) is 52. The first kappa shape index (κ1) is 60.5. The fraction of sp³-hybridized carbons (Fsp3) is 0.983. The number of ether oxygens (including phenoxy) is 1. The van der Waals surface area contributed by atoms with Crippen LogP contribution in [0.1, 0.15) is 367 Å². The van der Waals surface area contributed by atoms with Crippen LogP contribution in [-0.4, -0.2) is 12.6 Å². The third-order valence-electron chi connectivity index (χ3n) is 14.0. The van der Waals surface area contributed by atoms with Crippen LogP contribution in [0, 0.1) is 0 Å². The van der Waals surface area contributed by atoms with E-state index in [-0.39, 0.29) is 5.97 Å². The maximum Gasteiger partial charge on any atom is 0.305 e. The predicted molar refractivity (Wildman–Crippen MR) is 276 cm³/mol. The van der Waals surface area contributed by atoms with E-state index in [1.165, 1.54) is 334 Å². The molecule has 2 heteroatoms. The van der Waals surface area contributed by atoms with Crippen LogP contribution >= 0.6 is 0 Å². The zero-order chi connectivity index (χ0) is 43.9. The standard InChI is InChI=1S/C59H118O2/c1-3-5-7-9-11-13-15-17-19-21-23-25-27-29-31-32-33-35-37-39-41-43-45-47-49-51-53-55-57-59(60)61-58-56-54-52-50-48-46-44-42-40-38-36-34-30-28-26-24-22-20-18-16-14-12-10-8-6-4-2/h3-58H2,1-2H3. The van der Waals surface area contributed by atoms with Gasteiger partial charge in [-0.25, -0.2) is 0 Å². The van der Waals surface area contributed by atoms with Crippen LogP contribution in [-0.2, 0) is 9.53 Å². The molecule has 0 aromatic rings. The second-order valence-corrected chi connectivity index (χ2v) is 20.4. The van der Waals surface area contributed by atoms with E-state index in [0.29, 0.717) is 13.0 Å². The van der Waals surface area contributed by atoms with Crippen LogP contribution < -0.4 is 0 Å². The quantitative estimate of drug-likeness (QED) is 0.0450. The summed E-state index contributed by atoms with van der Waals surface area (Å²) in [5.41, 5.74) is 0. The highest BCUT2D eigenvalue weighted by Gasteiger charge is 2.03. The molecule has 0 aliphatic carbocycles. The van der Waals surface area contributed by atoms with E-state index in [4.69, 9.17) is 4.74 Å². The van der Waals surface area contributed by atoms with Crippen LogP contribution in [0.5, 0.6) is 0 Å². The highest BCUT2D eigenvalue weighted by molar-refractivity contribution is 5.69. The van der Waals surface area contributed by atoms with Gasteiger partial charge in [0.25, 0.3) is 0 Å². The largest absolute Gasteiger partial charge is 0.466 e. The minimum Gasteiger partial charge on any atom is -0.466 e. The maximum atomic E-state index is 12.1. The van der Waals surface area contributed by atoms with Crippen LogP contribution in [0.4, 0.5) is 0 Å². The van der Waals surface area contributed by atoms with Gasteiger partial charge in [-0.2, -0.15) is 0 Å². The Morgan fingerprint density at radius 2 is 0.361 bits per heavy atom. The first-order valence-corrected chi connectivity index (χ1v) is 29.5. The van der Waals surface area contributed by atoms with E-state index in [0.717, 1.165) is 12.8 Å². The van der Waals surface area contributed by atoms with Crippen molar-refractivity contribution in [1.29, 1.82) is 0 Å². The van der Waals surface area contributed by atoms with E-state index < -0.39 is 0 Å². The van der Waals surface area contributed by atoms with Crippen molar-refractivity contribution in [2.45, 2.75) is 367 Å². The van der Waals surface area contributed by atoms with Gasteiger partial charge in [-0.1, -0.05) is 348 Å². The fourth-order valence-corrected chi connectivity index (χ4v) is 9.61. The molecule has 0 atom stereocenters. The SMILES string of the molecule is CCCCCCCCCCCCCCCCCCCCCCCCCCCCCCC(=O)OCCCCCCCCCCCCCCCCCCCCCCCCCCCC. The van der Waals surface area contributed by atoms with Crippen molar-refractivity contribution in [3.05, 3.63) is 0 Å². The number of carbonyl (C=O) groups excluding carboxylic acids is 1. The van der Waals surface area contributed by atoms with Gasteiger partial charge >= 0.3 is 5.97 Å². The Morgan fingerprint density at radius 3 is 0.541 bits per heavy atom. The normalized spacial score (nSPS) is 11.6. The molecule has 0 aliphatic rings. The number of esters is 1. The smallest absolute Gasteiger partial charge is 0.305 e. The zero-order valence-corrected chi connectivity index (χ0v) is 42.9. The summed E-state index contributed by atoms with van der Waals surface area (Å²) in [6.45, 7) is 5.25. The van der Waals surface area contributed by atoms with Gasteiger partial charge in [0.1, 0.15) is 0 Å². The predicted octanol–water partition coefficient (Wildman–Crippen LogP) is 22.0. The van der Waals surface area contributed by atoms with E-state index in [9.17, 15) is 4.79 Å². The molecule has 61 heavy (non-hydrogen) atoms. The summed E-state index contributed by atoms with van der Waals surface area (Å²) in [7, 11) is 0. The van der Waals surface area contributed by atoms with Gasteiger partial charge in [0, 0.05) is 6.42 Å². The van der Waals surface area contributed by atoms with Crippen LogP contribution in [0.25, 0.3) is 0 Å². The molecule has 0 aromatic carbocycles. The Balaban J connectivity index is 3.14. The Labute approximate surface area is 387 Å². The first-order chi connectivity index (χ1) is 30.3. The lowest BCUT2D eigenvalue weighted by Gasteiger charge is -2.06. The molecule has 0 amide bonds. The Bertz CT molecular complexity index is 762. The summed E-state index contributed by atoms with van der Waals surface area (Å²) >= 11 is 0. The molecule has 0 radical (unpaired) electrons. The van der Waals surface area contributed by atoms with Gasteiger partial charge in [-0.15, -0.1) is 0 Å². The summed E-state index contributed by atoms with van der Waals surface area (Å²) in [6.07, 6.45) is 77.3. The van der Waals surface area contributed by atoms with Gasteiger partial charge in [0.2, 0.25) is 0 Å². The van der Waals surface area contributed by atoms with Crippen LogP contribution in [0.15, 0.2) is 0 Å². The molecule has 0 rings (SSSR count). The van der Waals surface area contributed by atoms with Crippen LogP contribution in [0.3, 0.4) is 0 Å². The first-order valence-electron chi connectivity index (χ1n) is 29.5. The lowest BCUT2D eigenvalue weighted by Crippen LogP contribution is -2.05. The molecule has 0 heterocycles. The molecule has 0 bridgehead atoms. The van der Waals surface area contributed by atoms with E-state index in [1.54, 1.807) is 0 Å². The molecule has 0 unspecified atom stereocenters. The second kappa shape index (κ2) is 57.5. The zero-order valence-electron chi connectivity index (χ0n) is 42.9. The Morgan fingerprint density at radius 1 is 0.213 bits per heavy atom. The van der Waals surface area contributed by atoms with Gasteiger partial charge in [-0.3, -0.25) is 4.79 Å². The van der Waals surface area contributed by atoms with Crippen molar-refractivity contribution in [2.24, 2.45) is 0 Å². The minimum absolute atomic E-state index is 0.0365. The Kier molecular flexibility index (Phi) is 57.0. The molecule has 0 aliphatic heterocycles. The average molecular weight is 860 g/mol. The van der Waals surface area contributed by atoms with Crippen molar-refractivity contribution < 1.29 is 9.53 Å². The molecule has 0 fully saturated rings. The molecule has 0 spiro atoms. The third kappa shape index (κ3) is 57.5. The number of carbonyl (C=O) groups is 1. The summed E-state index contributed by atoms with van der Waals surface area (Å²) in [4.78, 5) is 12.1. The molecule has 2 nitrogen and oxygen atoms in total. The van der Waals surface area contributed by atoms with Gasteiger partial charge in [-0.05, 0) is 12.8 Å². The van der Waals surface area contributed by atoms with Gasteiger partial charge in [0.05, 0.1) is 6.61 Å². The fourth-order valence-electron chi connectivity index (χ4n) is 9.61. The number of hydrogen-bond donors (Lipinski definition) is 0. The third-order valence-corrected chi connectivity index (χ3v) is 14.0. The summed E-state index contributed by atoms with van der Waals surface area (Å²) in [5, 5.41) is 0. The van der Waals surface area contributed by atoms with Crippen molar-refractivity contribution >= 4 is 5.97 Å². The minimum atomic E-state index is 0.0365. The lowest BCUT2D eigenvalue weighted by molar-refractivity contribution is -0.143. The molecule has 366 valence electrons. The van der Waals surface area contributed by atoms with E-state index in [1.807, 2.05) is 0 Å². The van der Waals surface area contributed by atoms with Crippen molar-refractivity contribution in [3.63, 3.8) is 0 Å². The molecule has 0 N–H and O–H groups in total. The summed E-state index contributed by atoms with van der Waals surface area (Å²) < 4.78 is 5.52. The van der Waals surface area contributed by atoms with Gasteiger partial charge < -0.3 is 4.74 Å². The lowest BCUT2D eigenvalue weighted by atomic mass is 10.0. The van der Waals surface area contributed by atoms with Crippen molar-refractivity contribution in [2.75, 3.05) is 6.61 Å². The molecular weight excluding hydrogens is 741 g/mol. The number of rotatable bonds is 56. The van der Waals surface area contributed by atoms with Crippen molar-refractivity contribution in [3.8, 4) is 0 Å². The molecule has 0 aromatic heterocycles. The van der Waals surface area contributed by atoms with Crippen LogP contribution in [0.2, 0.25) is 0 Å². The summed E-state index contributed by atoms with van der Waals surface area (Å²) in [5.74, 6) is 0.0365. The highest BCUT2D eigenvalue weighted by Crippen LogP contribution is 2.19. The molecular formula is C59H118O2.